The van der Waals surface area contributed by atoms with Crippen LogP contribution in [0, 0.1) is 0 Å². The number of rotatable bonds is 5. The number of nitrogens with zero attached hydrogens (tertiary/aromatic N) is 2. The Balaban J connectivity index is 0.000000312. The maximum absolute atomic E-state index is 9.18. The van der Waals surface area contributed by atoms with Crippen molar-refractivity contribution in [3.8, 4) is 0 Å². The number of carbonyl (C=O) groups excluding carboxylic acids is 1. The summed E-state index contributed by atoms with van der Waals surface area (Å²) in [7, 11) is 0. The largest absolute Gasteiger partial charge is 0.468 e. The lowest BCUT2D eigenvalue weighted by molar-refractivity contribution is -0.128. The van der Waals surface area contributed by atoms with Gasteiger partial charge in [0.2, 0.25) is 0 Å². The molecule has 0 aliphatic heterocycles. The Bertz CT molecular complexity index is 466. The zero-order valence-electron chi connectivity index (χ0n) is 11.5. The maximum atomic E-state index is 9.18. The summed E-state index contributed by atoms with van der Waals surface area (Å²) in [5.74, 6) is 0. The first-order valence-electron chi connectivity index (χ1n) is 6.40. The van der Waals surface area contributed by atoms with Crippen molar-refractivity contribution >= 4 is 6.47 Å². The van der Waals surface area contributed by atoms with Gasteiger partial charge in [0.05, 0.1) is 18.6 Å². The standard InChI is InChI=1S/C12H14N2.C3H6O2/c1-2-12-9-14(10-13-12)8-11-6-4-3-5-7-11;1-2-5-3-4/h3-7,9-10H,2,8H2,1H3;3H,2H2,1H3. The molecule has 0 aliphatic carbocycles. The molecule has 19 heavy (non-hydrogen) atoms. The van der Waals surface area contributed by atoms with E-state index in [1.54, 1.807) is 6.92 Å². The van der Waals surface area contributed by atoms with E-state index < -0.39 is 0 Å². The summed E-state index contributed by atoms with van der Waals surface area (Å²) in [6.07, 6.45) is 5.00. The first kappa shape index (κ1) is 15.0. The fourth-order valence-electron chi connectivity index (χ4n) is 1.54. The molecule has 0 saturated heterocycles. The predicted molar refractivity (Wildman–Crippen MR) is 74.8 cm³/mol. The van der Waals surface area contributed by atoms with Crippen LogP contribution in [0.4, 0.5) is 0 Å². The van der Waals surface area contributed by atoms with Gasteiger partial charge in [-0.05, 0) is 18.9 Å². The smallest absolute Gasteiger partial charge is 0.293 e. The van der Waals surface area contributed by atoms with Crippen molar-refractivity contribution in [1.29, 1.82) is 0 Å². The number of aromatic nitrogens is 2. The SMILES string of the molecule is CCOC=O.CCc1cn(Cc2ccccc2)cn1. The Morgan fingerprint density at radius 1 is 1.26 bits per heavy atom. The molecular formula is C15H20N2O2. The van der Waals surface area contributed by atoms with Gasteiger partial charge in [0.15, 0.2) is 0 Å². The van der Waals surface area contributed by atoms with Crippen LogP contribution < -0.4 is 0 Å². The van der Waals surface area contributed by atoms with Crippen molar-refractivity contribution in [3.63, 3.8) is 0 Å². The number of hydrogen-bond donors (Lipinski definition) is 0. The minimum absolute atomic E-state index is 0.431. The molecule has 0 spiro atoms. The lowest BCUT2D eigenvalue weighted by Gasteiger charge is -2.00. The fraction of sp³-hybridized carbons (Fsp3) is 0.333. The molecule has 0 aliphatic rings. The van der Waals surface area contributed by atoms with Gasteiger partial charge in [0.25, 0.3) is 6.47 Å². The summed E-state index contributed by atoms with van der Waals surface area (Å²) in [5.41, 5.74) is 2.47. The minimum atomic E-state index is 0.431. The normalized spacial score (nSPS) is 9.37. The number of imidazole rings is 1. The first-order chi connectivity index (χ1) is 9.30. The second-order valence-corrected chi connectivity index (χ2v) is 3.93. The Morgan fingerprint density at radius 2 is 2.00 bits per heavy atom. The van der Waals surface area contributed by atoms with Crippen LogP contribution in [0.3, 0.4) is 0 Å². The average molecular weight is 260 g/mol. The van der Waals surface area contributed by atoms with E-state index in [4.69, 9.17) is 0 Å². The maximum Gasteiger partial charge on any atom is 0.293 e. The van der Waals surface area contributed by atoms with E-state index in [9.17, 15) is 4.79 Å². The highest BCUT2D eigenvalue weighted by Crippen LogP contribution is 2.03. The average Bonchev–Trinajstić information content (AvgIpc) is 2.89. The number of carbonyl (C=O) groups is 1. The van der Waals surface area contributed by atoms with Crippen LogP contribution >= 0.6 is 0 Å². The quantitative estimate of drug-likeness (QED) is 0.776. The Morgan fingerprint density at radius 3 is 2.47 bits per heavy atom. The molecule has 1 aromatic heterocycles. The monoisotopic (exact) mass is 260 g/mol. The summed E-state index contributed by atoms with van der Waals surface area (Å²) >= 11 is 0. The van der Waals surface area contributed by atoms with E-state index in [0.717, 1.165) is 18.7 Å². The lowest BCUT2D eigenvalue weighted by atomic mass is 10.2. The summed E-state index contributed by atoms with van der Waals surface area (Å²) < 4.78 is 6.27. The van der Waals surface area contributed by atoms with E-state index in [-0.39, 0.29) is 0 Å². The molecule has 0 saturated carbocycles. The third kappa shape index (κ3) is 5.86. The highest BCUT2D eigenvalue weighted by atomic mass is 16.5. The molecule has 1 heterocycles. The van der Waals surface area contributed by atoms with E-state index >= 15 is 0 Å². The highest BCUT2D eigenvalue weighted by molar-refractivity contribution is 5.36. The van der Waals surface area contributed by atoms with Gasteiger partial charge >= 0.3 is 0 Å². The third-order valence-electron chi connectivity index (χ3n) is 2.49. The van der Waals surface area contributed by atoms with Gasteiger partial charge in [0, 0.05) is 12.7 Å². The van der Waals surface area contributed by atoms with Gasteiger partial charge in [-0.1, -0.05) is 37.3 Å². The van der Waals surface area contributed by atoms with Crippen LogP contribution in [0.5, 0.6) is 0 Å². The second kappa shape index (κ2) is 8.91. The van der Waals surface area contributed by atoms with E-state index in [0.29, 0.717) is 13.1 Å². The number of aryl methyl sites for hydroxylation is 1. The van der Waals surface area contributed by atoms with Crippen LogP contribution in [0.2, 0.25) is 0 Å². The van der Waals surface area contributed by atoms with Gasteiger partial charge < -0.3 is 9.30 Å². The Labute approximate surface area is 114 Å². The zero-order chi connectivity index (χ0) is 13.9. The van der Waals surface area contributed by atoms with Gasteiger partial charge in [-0.25, -0.2) is 4.98 Å². The molecule has 0 N–H and O–H groups in total. The highest BCUT2D eigenvalue weighted by Gasteiger charge is 1.96. The molecule has 0 atom stereocenters. The molecule has 0 amide bonds. The van der Waals surface area contributed by atoms with Crippen molar-refractivity contribution in [2.24, 2.45) is 0 Å². The van der Waals surface area contributed by atoms with Crippen LogP contribution in [-0.4, -0.2) is 22.6 Å². The molecule has 0 fully saturated rings. The molecule has 2 aromatic rings. The lowest BCUT2D eigenvalue weighted by Crippen LogP contribution is -1.95. The topological polar surface area (TPSA) is 44.1 Å². The van der Waals surface area contributed by atoms with E-state index in [1.165, 1.54) is 5.56 Å². The van der Waals surface area contributed by atoms with E-state index in [1.807, 2.05) is 12.4 Å². The molecule has 4 heteroatoms. The molecule has 102 valence electrons. The van der Waals surface area contributed by atoms with Gasteiger partial charge in [0.1, 0.15) is 0 Å². The Kier molecular flexibility index (Phi) is 7.02. The fourth-order valence-corrected chi connectivity index (χ4v) is 1.54. The van der Waals surface area contributed by atoms with Crippen LogP contribution in [0.15, 0.2) is 42.9 Å². The van der Waals surface area contributed by atoms with Crippen molar-refractivity contribution < 1.29 is 9.53 Å². The van der Waals surface area contributed by atoms with Crippen molar-refractivity contribution in [2.45, 2.75) is 26.8 Å². The van der Waals surface area contributed by atoms with Crippen molar-refractivity contribution in [3.05, 3.63) is 54.1 Å². The molecule has 4 nitrogen and oxygen atoms in total. The van der Waals surface area contributed by atoms with Crippen LogP contribution in [0.25, 0.3) is 0 Å². The summed E-state index contributed by atoms with van der Waals surface area (Å²) in [6.45, 7) is 5.70. The van der Waals surface area contributed by atoms with E-state index in [2.05, 4.69) is 51.7 Å². The number of benzene rings is 1. The first-order valence-corrected chi connectivity index (χ1v) is 6.40. The number of hydrogen-bond acceptors (Lipinski definition) is 3. The number of ether oxygens (including phenoxy) is 1. The van der Waals surface area contributed by atoms with Gasteiger partial charge in [-0.2, -0.15) is 0 Å². The summed E-state index contributed by atoms with van der Waals surface area (Å²) in [5, 5.41) is 0. The predicted octanol–water partition coefficient (Wildman–Crippen LogP) is 2.67. The van der Waals surface area contributed by atoms with Crippen LogP contribution in [-0.2, 0) is 22.5 Å². The zero-order valence-corrected chi connectivity index (χ0v) is 11.5. The molecule has 1 aromatic carbocycles. The minimum Gasteiger partial charge on any atom is -0.468 e. The summed E-state index contributed by atoms with van der Waals surface area (Å²) in [6, 6.07) is 10.4. The third-order valence-corrected chi connectivity index (χ3v) is 2.49. The Hall–Kier alpha value is -2.10. The van der Waals surface area contributed by atoms with Crippen LogP contribution in [0.1, 0.15) is 25.1 Å². The summed E-state index contributed by atoms with van der Waals surface area (Å²) in [4.78, 5) is 13.5. The van der Waals surface area contributed by atoms with Crippen molar-refractivity contribution in [2.75, 3.05) is 6.61 Å². The van der Waals surface area contributed by atoms with Gasteiger partial charge in [-0.15, -0.1) is 0 Å². The van der Waals surface area contributed by atoms with Gasteiger partial charge in [-0.3, -0.25) is 4.79 Å². The second-order valence-electron chi connectivity index (χ2n) is 3.93. The molecule has 2 rings (SSSR count). The molecule has 0 radical (unpaired) electrons. The van der Waals surface area contributed by atoms with Crippen molar-refractivity contribution in [1.82, 2.24) is 9.55 Å². The molecule has 0 unspecified atom stereocenters. The molecule has 0 bridgehead atoms. The molecular weight excluding hydrogens is 240 g/mol.